The van der Waals surface area contributed by atoms with Crippen LogP contribution < -0.4 is 5.32 Å². The number of carboxylic acids is 1. The summed E-state index contributed by atoms with van der Waals surface area (Å²) in [5.74, 6) is -0.580. The second-order valence-electron chi connectivity index (χ2n) is 5.28. The third-order valence-electron chi connectivity index (χ3n) is 3.60. The molecule has 0 radical (unpaired) electrons. The van der Waals surface area contributed by atoms with Gasteiger partial charge in [-0.3, -0.25) is 9.59 Å². The summed E-state index contributed by atoms with van der Waals surface area (Å²) in [7, 11) is 0. The maximum Gasteiger partial charge on any atom is 0.304 e. The molecule has 0 aromatic carbocycles. The zero-order chi connectivity index (χ0) is 14.1. The van der Waals surface area contributed by atoms with Crippen LogP contribution in [0.25, 0.3) is 0 Å². The summed E-state index contributed by atoms with van der Waals surface area (Å²) in [5, 5.41) is 11.7. The van der Waals surface area contributed by atoms with Crippen molar-refractivity contribution >= 4 is 11.9 Å². The Morgan fingerprint density at radius 1 is 1.21 bits per heavy atom. The molecule has 0 aliphatic carbocycles. The largest absolute Gasteiger partial charge is 0.481 e. The average Bonchev–Trinajstić information content (AvgIpc) is 2.38. The molecule has 0 bridgehead atoms. The van der Waals surface area contributed by atoms with Gasteiger partial charge in [-0.1, -0.05) is 19.8 Å². The molecule has 0 aromatic heterocycles. The van der Waals surface area contributed by atoms with Gasteiger partial charge in [0.25, 0.3) is 0 Å². The van der Waals surface area contributed by atoms with Crippen molar-refractivity contribution in [1.29, 1.82) is 0 Å². The Kier molecular flexibility index (Phi) is 7.48. The molecule has 0 atom stereocenters. The molecule has 1 fully saturated rings. The van der Waals surface area contributed by atoms with Crippen molar-refractivity contribution in [2.45, 2.75) is 57.9 Å². The number of aliphatic carboxylic acids is 1. The van der Waals surface area contributed by atoms with E-state index < -0.39 is 5.97 Å². The van der Waals surface area contributed by atoms with Crippen LogP contribution in [0.5, 0.6) is 0 Å². The van der Waals surface area contributed by atoms with Crippen molar-refractivity contribution < 1.29 is 14.7 Å². The van der Waals surface area contributed by atoms with E-state index in [0.29, 0.717) is 13.0 Å². The molecule has 110 valence electrons. The quantitative estimate of drug-likeness (QED) is 0.658. The predicted octanol–water partition coefficient (Wildman–Crippen LogP) is 1.62. The molecule has 1 rings (SSSR count). The van der Waals surface area contributed by atoms with Crippen molar-refractivity contribution in [3.63, 3.8) is 0 Å². The van der Waals surface area contributed by atoms with E-state index in [2.05, 4.69) is 17.1 Å². The topological polar surface area (TPSA) is 69.6 Å². The molecule has 1 aliphatic heterocycles. The van der Waals surface area contributed by atoms with Gasteiger partial charge in [-0.25, -0.2) is 0 Å². The first-order valence-corrected chi connectivity index (χ1v) is 7.35. The van der Waals surface area contributed by atoms with Gasteiger partial charge >= 0.3 is 5.97 Å². The van der Waals surface area contributed by atoms with Gasteiger partial charge in [-0.15, -0.1) is 0 Å². The van der Waals surface area contributed by atoms with Crippen LogP contribution in [0.1, 0.15) is 51.9 Å². The summed E-state index contributed by atoms with van der Waals surface area (Å²) in [6, 6.07) is 0.273. The van der Waals surface area contributed by atoms with Crippen molar-refractivity contribution in [2.75, 3.05) is 19.6 Å². The van der Waals surface area contributed by atoms with Crippen molar-refractivity contribution in [1.82, 2.24) is 10.2 Å². The highest BCUT2D eigenvalue weighted by Gasteiger charge is 2.20. The number of nitrogens with one attached hydrogen (secondary N) is 1. The second kappa shape index (κ2) is 8.91. The number of rotatable bonds is 8. The minimum Gasteiger partial charge on any atom is -0.481 e. The van der Waals surface area contributed by atoms with E-state index in [-0.39, 0.29) is 18.4 Å². The molecular weight excluding hydrogens is 244 g/mol. The van der Waals surface area contributed by atoms with E-state index in [4.69, 9.17) is 5.11 Å². The molecule has 2 N–H and O–H groups in total. The minimum absolute atomic E-state index is 0.164. The lowest BCUT2D eigenvalue weighted by molar-refractivity contribution is -0.137. The fourth-order valence-electron chi connectivity index (χ4n) is 2.39. The molecular formula is C14H26N2O3. The normalized spacial score (nSPS) is 17.3. The molecule has 1 heterocycles. The van der Waals surface area contributed by atoms with E-state index in [1.807, 2.05) is 0 Å². The summed E-state index contributed by atoms with van der Waals surface area (Å²) >= 11 is 0. The van der Waals surface area contributed by atoms with Crippen LogP contribution in [0.4, 0.5) is 0 Å². The van der Waals surface area contributed by atoms with Crippen molar-refractivity contribution in [2.24, 2.45) is 0 Å². The molecule has 1 amide bonds. The Morgan fingerprint density at radius 2 is 1.89 bits per heavy atom. The summed E-state index contributed by atoms with van der Waals surface area (Å²) in [5.41, 5.74) is 0. The summed E-state index contributed by atoms with van der Waals surface area (Å²) < 4.78 is 0. The third-order valence-corrected chi connectivity index (χ3v) is 3.60. The van der Waals surface area contributed by atoms with Gasteiger partial charge in [0, 0.05) is 32.1 Å². The molecule has 19 heavy (non-hydrogen) atoms. The molecule has 0 unspecified atom stereocenters. The van der Waals surface area contributed by atoms with Crippen LogP contribution in [-0.2, 0) is 9.59 Å². The number of amides is 1. The monoisotopic (exact) mass is 270 g/mol. The van der Waals surface area contributed by atoms with Crippen LogP contribution >= 0.6 is 0 Å². The van der Waals surface area contributed by atoms with E-state index >= 15 is 0 Å². The van der Waals surface area contributed by atoms with E-state index in [9.17, 15) is 9.59 Å². The van der Waals surface area contributed by atoms with Crippen LogP contribution in [0.3, 0.4) is 0 Å². The number of piperidine rings is 1. The molecule has 0 spiro atoms. The second-order valence-corrected chi connectivity index (χ2v) is 5.28. The number of likely N-dealkylation sites (tertiary alicyclic amines) is 1. The standard InChI is InChI=1S/C14H26N2O3/c1-2-3-4-5-13(17)15-12-6-9-16(10-7-12)11-8-14(18)19/h12H,2-11H2,1H3,(H,15,17)(H,18,19). The number of carbonyl (C=O) groups is 2. The Hall–Kier alpha value is -1.10. The van der Waals surface area contributed by atoms with Gasteiger partial charge in [0.2, 0.25) is 5.91 Å². The lowest BCUT2D eigenvalue weighted by atomic mass is 10.0. The third kappa shape index (κ3) is 7.15. The highest BCUT2D eigenvalue weighted by atomic mass is 16.4. The molecule has 0 aromatic rings. The highest BCUT2D eigenvalue weighted by molar-refractivity contribution is 5.76. The summed E-state index contributed by atoms with van der Waals surface area (Å²) in [6.07, 6.45) is 5.91. The van der Waals surface area contributed by atoms with Gasteiger partial charge in [-0.05, 0) is 19.3 Å². The van der Waals surface area contributed by atoms with Crippen LogP contribution in [0, 0.1) is 0 Å². The van der Waals surface area contributed by atoms with Gasteiger partial charge in [0.1, 0.15) is 0 Å². The fourth-order valence-corrected chi connectivity index (χ4v) is 2.39. The van der Waals surface area contributed by atoms with Gasteiger partial charge in [0.05, 0.1) is 6.42 Å². The first-order chi connectivity index (χ1) is 9.11. The SMILES string of the molecule is CCCCCC(=O)NC1CCN(CCC(=O)O)CC1. The van der Waals surface area contributed by atoms with E-state index in [1.54, 1.807) is 0 Å². The minimum atomic E-state index is -0.744. The van der Waals surface area contributed by atoms with Crippen LogP contribution in [0.15, 0.2) is 0 Å². The number of hydrogen-bond donors (Lipinski definition) is 2. The first-order valence-electron chi connectivity index (χ1n) is 7.35. The zero-order valence-electron chi connectivity index (χ0n) is 11.9. The Morgan fingerprint density at radius 3 is 2.47 bits per heavy atom. The summed E-state index contributed by atoms with van der Waals surface area (Å²) in [4.78, 5) is 24.3. The van der Waals surface area contributed by atoms with E-state index in [0.717, 1.165) is 45.2 Å². The first kappa shape index (κ1) is 16.0. The number of nitrogens with zero attached hydrogens (tertiary/aromatic N) is 1. The molecule has 0 saturated carbocycles. The molecule has 5 heteroatoms. The van der Waals surface area contributed by atoms with Crippen LogP contribution in [0.2, 0.25) is 0 Å². The van der Waals surface area contributed by atoms with Crippen molar-refractivity contribution in [3.8, 4) is 0 Å². The molecule has 5 nitrogen and oxygen atoms in total. The Balaban J connectivity index is 2.12. The maximum atomic E-state index is 11.7. The van der Waals surface area contributed by atoms with E-state index in [1.165, 1.54) is 0 Å². The number of unbranched alkanes of at least 4 members (excludes halogenated alkanes) is 2. The number of carboxylic acid groups (broad SMARTS) is 1. The predicted molar refractivity (Wildman–Crippen MR) is 74.0 cm³/mol. The maximum absolute atomic E-state index is 11.7. The van der Waals surface area contributed by atoms with Crippen LogP contribution in [-0.4, -0.2) is 47.6 Å². The fraction of sp³-hybridized carbons (Fsp3) is 0.857. The zero-order valence-corrected chi connectivity index (χ0v) is 11.9. The van der Waals surface area contributed by atoms with Crippen molar-refractivity contribution in [3.05, 3.63) is 0 Å². The Bertz CT molecular complexity index is 286. The summed E-state index contributed by atoms with van der Waals surface area (Å²) in [6.45, 7) is 4.51. The lowest BCUT2D eigenvalue weighted by Gasteiger charge is -2.32. The Labute approximate surface area is 115 Å². The van der Waals surface area contributed by atoms with Gasteiger partial charge in [0.15, 0.2) is 0 Å². The number of carbonyl (C=O) groups excluding carboxylic acids is 1. The lowest BCUT2D eigenvalue weighted by Crippen LogP contribution is -2.45. The number of hydrogen-bond acceptors (Lipinski definition) is 3. The molecule has 1 saturated heterocycles. The van der Waals surface area contributed by atoms with Gasteiger partial charge in [-0.2, -0.15) is 0 Å². The van der Waals surface area contributed by atoms with Gasteiger partial charge < -0.3 is 15.3 Å². The highest BCUT2D eigenvalue weighted by Crippen LogP contribution is 2.11. The average molecular weight is 270 g/mol. The smallest absolute Gasteiger partial charge is 0.304 e. The molecule has 1 aliphatic rings.